The van der Waals surface area contributed by atoms with Crippen molar-refractivity contribution in [3.8, 4) is 0 Å². The molecule has 2 amide bonds. The summed E-state index contributed by atoms with van der Waals surface area (Å²) in [6.45, 7) is 2.49. The number of aryl methyl sites for hydroxylation is 1. The van der Waals surface area contributed by atoms with Crippen LogP contribution in [0.1, 0.15) is 62.4 Å². The molecule has 4 rings (SSSR count). The number of anilines is 1. The van der Waals surface area contributed by atoms with Crippen molar-refractivity contribution in [2.24, 2.45) is 23.7 Å². The smallest absolute Gasteiger partial charge is 0.307 e. The first-order valence-electron chi connectivity index (χ1n) is 10.4. The molecule has 1 aromatic heterocycles. The molecule has 152 valence electrons. The molecule has 1 heterocycles. The first kappa shape index (κ1) is 19.0. The monoisotopic (exact) mass is 388 g/mol. The van der Waals surface area contributed by atoms with Crippen LogP contribution in [0.15, 0.2) is 6.20 Å². The molecule has 28 heavy (non-hydrogen) atoms. The first-order chi connectivity index (χ1) is 13.5. The Labute approximate surface area is 164 Å². The summed E-state index contributed by atoms with van der Waals surface area (Å²) < 4.78 is 1.62. The van der Waals surface area contributed by atoms with Gasteiger partial charge >= 0.3 is 5.97 Å². The van der Waals surface area contributed by atoms with E-state index in [1.165, 1.54) is 0 Å². The standard InChI is InChI=1S/C20H28N4O4/c1-2-24-10-14(17(23-24)19(26)21-13-5-3-4-6-13)22-18(25)15-11-7-8-12(9-11)16(15)20(27)28/h10-13,15-16H,2-9H2,1H3,(H,21,26)(H,22,25)(H,27,28)/t11-,12+,15+,16+/m1/s1. The van der Waals surface area contributed by atoms with Gasteiger partial charge in [-0.1, -0.05) is 12.8 Å². The summed E-state index contributed by atoms with van der Waals surface area (Å²) in [5, 5.41) is 19.8. The lowest BCUT2D eigenvalue weighted by atomic mass is 9.78. The minimum Gasteiger partial charge on any atom is -0.481 e. The predicted octanol–water partition coefficient (Wildman–Crippen LogP) is 2.26. The van der Waals surface area contributed by atoms with Crippen LogP contribution in [0.3, 0.4) is 0 Å². The third kappa shape index (κ3) is 3.40. The molecular weight excluding hydrogens is 360 g/mol. The third-order valence-corrected chi connectivity index (χ3v) is 6.75. The van der Waals surface area contributed by atoms with E-state index in [1.54, 1.807) is 10.9 Å². The maximum atomic E-state index is 13.0. The van der Waals surface area contributed by atoms with Gasteiger partial charge in [0.25, 0.3) is 5.91 Å². The fraction of sp³-hybridized carbons (Fsp3) is 0.700. The van der Waals surface area contributed by atoms with Crippen LogP contribution in [0.5, 0.6) is 0 Å². The lowest BCUT2D eigenvalue weighted by Gasteiger charge is -2.26. The van der Waals surface area contributed by atoms with Gasteiger partial charge in [0, 0.05) is 18.8 Å². The molecule has 2 bridgehead atoms. The van der Waals surface area contributed by atoms with Crippen LogP contribution >= 0.6 is 0 Å². The van der Waals surface area contributed by atoms with Gasteiger partial charge in [0.05, 0.1) is 17.5 Å². The topological polar surface area (TPSA) is 113 Å². The highest BCUT2D eigenvalue weighted by Crippen LogP contribution is 2.52. The van der Waals surface area contributed by atoms with E-state index in [2.05, 4.69) is 15.7 Å². The normalized spacial score (nSPS) is 29.2. The van der Waals surface area contributed by atoms with Gasteiger partial charge in [-0.3, -0.25) is 19.1 Å². The van der Waals surface area contributed by atoms with E-state index in [-0.39, 0.29) is 35.4 Å². The van der Waals surface area contributed by atoms with E-state index in [9.17, 15) is 19.5 Å². The average molecular weight is 388 g/mol. The Morgan fingerprint density at radius 2 is 1.82 bits per heavy atom. The third-order valence-electron chi connectivity index (χ3n) is 6.75. The van der Waals surface area contributed by atoms with Gasteiger partial charge in [0.15, 0.2) is 5.69 Å². The van der Waals surface area contributed by atoms with E-state index in [0.29, 0.717) is 12.2 Å². The summed E-state index contributed by atoms with van der Waals surface area (Å²) in [4.78, 5) is 37.4. The number of carbonyl (C=O) groups excluding carboxylic acids is 2. The van der Waals surface area contributed by atoms with Crippen molar-refractivity contribution in [3.63, 3.8) is 0 Å². The highest BCUT2D eigenvalue weighted by atomic mass is 16.4. The summed E-state index contributed by atoms with van der Waals surface area (Å²) in [5.74, 6) is -2.44. The first-order valence-corrected chi connectivity index (χ1v) is 10.4. The van der Waals surface area contributed by atoms with E-state index < -0.39 is 17.8 Å². The van der Waals surface area contributed by atoms with Gasteiger partial charge in [-0.25, -0.2) is 0 Å². The number of hydrogen-bond acceptors (Lipinski definition) is 4. The zero-order valence-electron chi connectivity index (χ0n) is 16.2. The number of hydrogen-bond donors (Lipinski definition) is 3. The minimum atomic E-state index is -0.893. The number of rotatable bonds is 6. The van der Waals surface area contributed by atoms with Crippen molar-refractivity contribution in [3.05, 3.63) is 11.9 Å². The summed E-state index contributed by atoms with van der Waals surface area (Å²) >= 11 is 0. The molecule has 0 saturated heterocycles. The summed E-state index contributed by atoms with van der Waals surface area (Å²) in [7, 11) is 0. The molecule has 8 nitrogen and oxygen atoms in total. The molecule has 0 aromatic carbocycles. The second kappa shape index (κ2) is 7.56. The Hall–Kier alpha value is -2.38. The molecule has 0 aliphatic heterocycles. The molecule has 3 N–H and O–H groups in total. The predicted molar refractivity (Wildman–Crippen MR) is 102 cm³/mol. The maximum absolute atomic E-state index is 13.0. The van der Waals surface area contributed by atoms with E-state index >= 15 is 0 Å². The molecule has 1 aromatic rings. The number of nitrogens with one attached hydrogen (secondary N) is 2. The van der Waals surface area contributed by atoms with Gasteiger partial charge in [-0.15, -0.1) is 0 Å². The van der Waals surface area contributed by atoms with Gasteiger partial charge in [-0.2, -0.15) is 5.10 Å². The number of carbonyl (C=O) groups is 3. The SMILES string of the molecule is CCn1cc(NC(=O)[C@H]2[C@@H]3CC[C@@H](C3)[C@@H]2C(=O)O)c(C(=O)NC2CCCC2)n1. The van der Waals surface area contributed by atoms with Crippen molar-refractivity contribution < 1.29 is 19.5 Å². The van der Waals surface area contributed by atoms with E-state index in [0.717, 1.165) is 44.9 Å². The van der Waals surface area contributed by atoms with Crippen LogP contribution in [0.2, 0.25) is 0 Å². The Balaban J connectivity index is 1.52. The molecule has 3 aliphatic carbocycles. The van der Waals surface area contributed by atoms with Crippen LogP contribution in [-0.2, 0) is 16.1 Å². The van der Waals surface area contributed by atoms with Gasteiger partial charge in [0.2, 0.25) is 5.91 Å². The van der Waals surface area contributed by atoms with Crippen LogP contribution in [0, 0.1) is 23.7 Å². The summed E-state index contributed by atoms with van der Waals surface area (Å²) in [6, 6.07) is 0.157. The molecule has 4 atom stereocenters. The number of aromatic nitrogens is 2. The second-order valence-corrected chi connectivity index (χ2v) is 8.41. The number of nitrogens with zero attached hydrogens (tertiary/aromatic N) is 2. The lowest BCUT2D eigenvalue weighted by molar-refractivity contribution is -0.148. The van der Waals surface area contributed by atoms with Gasteiger partial charge in [-0.05, 0) is 50.9 Å². The number of carboxylic acids is 1. The van der Waals surface area contributed by atoms with Gasteiger partial charge < -0.3 is 15.7 Å². The molecule has 3 fully saturated rings. The fourth-order valence-corrected chi connectivity index (χ4v) is 5.41. The van der Waals surface area contributed by atoms with Crippen LogP contribution in [-0.4, -0.2) is 38.7 Å². The van der Waals surface area contributed by atoms with Crippen molar-refractivity contribution in [2.75, 3.05) is 5.32 Å². The fourth-order valence-electron chi connectivity index (χ4n) is 5.41. The molecule has 8 heteroatoms. The quantitative estimate of drug-likeness (QED) is 0.692. The molecule has 0 spiro atoms. The average Bonchev–Trinajstić information content (AvgIpc) is 3.44. The lowest BCUT2D eigenvalue weighted by Crippen LogP contribution is -2.38. The van der Waals surface area contributed by atoms with Crippen LogP contribution in [0.25, 0.3) is 0 Å². The Morgan fingerprint density at radius 3 is 2.46 bits per heavy atom. The number of carboxylic acid groups (broad SMARTS) is 1. The Morgan fingerprint density at radius 1 is 1.14 bits per heavy atom. The summed E-state index contributed by atoms with van der Waals surface area (Å²) in [6.07, 6.45) is 8.39. The Kier molecular flexibility index (Phi) is 5.12. The molecule has 0 unspecified atom stereocenters. The van der Waals surface area contributed by atoms with E-state index in [1.807, 2.05) is 6.92 Å². The molecule has 3 aliphatic rings. The van der Waals surface area contributed by atoms with Crippen molar-refractivity contribution in [1.29, 1.82) is 0 Å². The summed E-state index contributed by atoms with van der Waals surface area (Å²) in [5.41, 5.74) is 0.575. The molecular formula is C20H28N4O4. The van der Waals surface area contributed by atoms with Crippen molar-refractivity contribution in [1.82, 2.24) is 15.1 Å². The largest absolute Gasteiger partial charge is 0.481 e. The van der Waals surface area contributed by atoms with Crippen LogP contribution < -0.4 is 10.6 Å². The minimum absolute atomic E-state index is 0.0850. The maximum Gasteiger partial charge on any atom is 0.307 e. The zero-order valence-corrected chi connectivity index (χ0v) is 16.2. The van der Waals surface area contributed by atoms with Gasteiger partial charge in [0.1, 0.15) is 0 Å². The number of aliphatic carboxylic acids is 1. The number of amides is 2. The van der Waals surface area contributed by atoms with Crippen molar-refractivity contribution >= 4 is 23.5 Å². The van der Waals surface area contributed by atoms with Crippen molar-refractivity contribution in [2.45, 2.75) is 64.5 Å². The Bertz CT molecular complexity index is 783. The molecule has 0 radical (unpaired) electrons. The zero-order chi connectivity index (χ0) is 19.8. The van der Waals surface area contributed by atoms with E-state index in [4.69, 9.17) is 0 Å². The number of fused-ring (bicyclic) bond motifs is 2. The van der Waals surface area contributed by atoms with Crippen LogP contribution in [0.4, 0.5) is 5.69 Å². The second-order valence-electron chi connectivity index (χ2n) is 8.41. The molecule has 3 saturated carbocycles. The highest BCUT2D eigenvalue weighted by Gasteiger charge is 2.54. The highest BCUT2D eigenvalue weighted by molar-refractivity contribution is 6.03.